The molecule has 0 aliphatic heterocycles. The lowest BCUT2D eigenvalue weighted by atomic mass is 9.89. The molecule has 0 spiro atoms. The number of carbonyl (C=O) groups excluding carboxylic acids is 1. The van der Waals surface area contributed by atoms with Gasteiger partial charge in [0, 0.05) is 105 Å². The second-order valence-electron chi connectivity index (χ2n) is 19.0. The number of alkyl halides is 3. The fraction of sp³-hybridized carbons (Fsp3) is 0.213. The molecule has 8 aromatic heterocycles. The highest BCUT2D eigenvalue weighted by molar-refractivity contribution is 5.95. The zero-order valence-corrected chi connectivity index (χ0v) is 53.2. The number of carboxylic acid groups (broad SMARTS) is 1. The minimum Gasteiger partial charge on any atom is -0.619 e. The number of aromatic nitrogens is 8. The summed E-state index contributed by atoms with van der Waals surface area (Å²) in [6.07, 6.45) is 4.15. The smallest absolute Gasteiger partial charge is 0.573 e. The van der Waals surface area contributed by atoms with E-state index in [1.807, 2.05) is 25.1 Å². The van der Waals surface area contributed by atoms with Crippen LogP contribution in [0.25, 0.3) is 0 Å². The van der Waals surface area contributed by atoms with Crippen molar-refractivity contribution in [2.75, 3.05) is 35.5 Å². The van der Waals surface area contributed by atoms with E-state index in [2.05, 4.69) is 34.4 Å². The number of methoxy groups -OCH3 is 5. The van der Waals surface area contributed by atoms with Crippen molar-refractivity contribution in [3.8, 4) is 34.5 Å². The van der Waals surface area contributed by atoms with E-state index in [0.717, 1.165) is 76.6 Å². The van der Waals surface area contributed by atoms with Gasteiger partial charge in [0.1, 0.15) is 41.6 Å². The van der Waals surface area contributed by atoms with E-state index < -0.39 is 73.2 Å². The highest BCUT2D eigenvalue weighted by Crippen LogP contribution is 2.35. The summed E-state index contributed by atoms with van der Waals surface area (Å²) in [5.74, 6) is -5.12. The maximum atomic E-state index is 14.5. The second-order valence-corrected chi connectivity index (χ2v) is 19.0. The Morgan fingerprint density at radius 3 is 1.47 bits per heavy atom. The second kappa shape index (κ2) is 38.3. The van der Waals surface area contributed by atoms with Gasteiger partial charge in [0.2, 0.25) is 11.5 Å². The van der Waals surface area contributed by atoms with Crippen molar-refractivity contribution < 1.29 is 99.0 Å². The van der Waals surface area contributed by atoms with Crippen LogP contribution in [0.1, 0.15) is 73.0 Å². The average Bonchev–Trinajstić information content (AvgIpc) is 0.806. The van der Waals surface area contributed by atoms with Crippen molar-refractivity contribution in [3.63, 3.8) is 0 Å². The molecule has 9 aromatic rings. The fourth-order valence-electron chi connectivity index (χ4n) is 7.38. The topological polar surface area (TPSA) is 428 Å². The zero-order valence-electron chi connectivity index (χ0n) is 53.2. The van der Waals surface area contributed by atoms with Crippen molar-refractivity contribution in [2.45, 2.75) is 53.3 Å². The minimum atomic E-state index is -5.13. The Bertz CT molecular complexity index is 4220. The summed E-state index contributed by atoms with van der Waals surface area (Å²) in [6.45, 7) is 8.69. The SMILES string of the molecule is COc1cc(C(=O)C[C@@H](c2ccc(OC(F)(F)F)c(F)c2)c2ncccc2F)ncc1[N+](=O)[O-].COc1cc(C(=O)O)ncc1[N+](=O)[O-].COc1cc(C)ncc1[N+](=O)[O-].COc1cc[n+]([O-])c(C)c1.COc1ccnc(C)c1.Cc1cc([N+](=O)[O-])cc[n+]1[O-].Cc1cccc[n+]1[O-]. The van der Waals surface area contributed by atoms with Gasteiger partial charge in [-0.2, -0.15) is 14.2 Å². The molecule has 0 aliphatic rings. The van der Waals surface area contributed by atoms with Crippen molar-refractivity contribution in [1.82, 2.24) is 24.9 Å². The molecule has 98 heavy (non-hydrogen) atoms. The summed E-state index contributed by atoms with van der Waals surface area (Å²) in [4.78, 5) is 81.6. The lowest BCUT2D eigenvalue weighted by Gasteiger charge is -2.18. The Balaban J connectivity index is 0.000000325. The summed E-state index contributed by atoms with van der Waals surface area (Å²) in [6, 6.07) is 23.0. The molecule has 0 unspecified atom stereocenters. The number of nitro groups is 4. The summed E-state index contributed by atoms with van der Waals surface area (Å²) >= 11 is 0. The largest absolute Gasteiger partial charge is 0.619 e. The van der Waals surface area contributed by atoms with Gasteiger partial charge in [-0.15, -0.1) is 13.2 Å². The van der Waals surface area contributed by atoms with Crippen molar-refractivity contribution >= 4 is 34.5 Å². The first-order chi connectivity index (χ1) is 46.2. The Hall–Kier alpha value is -13.0. The number of nitrogens with zero attached hydrogens (tertiary/aromatic N) is 12. The Morgan fingerprint density at radius 2 is 1.02 bits per heavy atom. The molecule has 1 N–H and O–H groups in total. The molecular weight excluding hydrogens is 1320 g/mol. The normalized spacial score (nSPS) is 10.4. The molecule has 1 atom stereocenters. The van der Waals surface area contributed by atoms with Gasteiger partial charge >= 0.3 is 29.4 Å². The Labute approximate surface area is 551 Å². The molecule has 1 aromatic carbocycles. The van der Waals surface area contributed by atoms with Crippen LogP contribution >= 0.6 is 0 Å². The number of aromatic carboxylic acids is 1. The average molecular weight is 1380 g/mol. The van der Waals surface area contributed by atoms with Crippen LogP contribution in [0.2, 0.25) is 0 Å². The molecule has 9 rings (SSSR count). The Kier molecular flexibility index (Phi) is 30.9. The molecule has 32 nitrogen and oxygen atoms in total. The molecule has 0 saturated carbocycles. The lowest BCUT2D eigenvalue weighted by Crippen LogP contribution is -2.28. The van der Waals surface area contributed by atoms with Gasteiger partial charge in [-0.1, -0.05) is 12.1 Å². The predicted octanol–water partition coefficient (Wildman–Crippen LogP) is 10.2. The Morgan fingerprint density at radius 1 is 0.510 bits per heavy atom. The maximum Gasteiger partial charge on any atom is 0.573 e. The molecular formula is C61H59F5N12O20. The molecule has 0 fully saturated rings. The van der Waals surface area contributed by atoms with Crippen LogP contribution in [0.3, 0.4) is 0 Å². The van der Waals surface area contributed by atoms with Gasteiger partial charge in [0.05, 0.1) is 73.1 Å². The number of carboxylic acids is 1. The molecule has 0 aliphatic carbocycles. The number of Topliss-reactive ketones (excluding diaryl/α,β-unsaturated/α-hetero) is 1. The highest BCUT2D eigenvalue weighted by Gasteiger charge is 2.33. The number of halogens is 5. The fourth-order valence-corrected chi connectivity index (χ4v) is 7.38. The number of carbonyl (C=O) groups is 2. The van der Waals surface area contributed by atoms with E-state index >= 15 is 0 Å². The van der Waals surface area contributed by atoms with Crippen LogP contribution in [-0.2, 0) is 0 Å². The van der Waals surface area contributed by atoms with Crippen LogP contribution in [0.15, 0.2) is 153 Å². The molecule has 0 radical (unpaired) electrons. The quantitative estimate of drug-likeness (QED) is 0.0234. The summed E-state index contributed by atoms with van der Waals surface area (Å²) in [7, 11) is 6.98. The number of hydrogen-bond donors (Lipinski definition) is 1. The van der Waals surface area contributed by atoms with Gasteiger partial charge in [-0.05, 0) is 49.7 Å². The molecule has 518 valence electrons. The van der Waals surface area contributed by atoms with E-state index in [4.69, 9.17) is 24.1 Å². The highest BCUT2D eigenvalue weighted by atomic mass is 19.4. The van der Waals surface area contributed by atoms with Crippen LogP contribution in [0.5, 0.6) is 34.5 Å². The number of benzene rings is 1. The van der Waals surface area contributed by atoms with E-state index in [9.17, 15) is 87.6 Å². The van der Waals surface area contributed by atoms with Crippen molar-refractivity contribution in [2.24, 2.45) is 0 Å². The lowest BCUT2D eigenvalue weighted by molar-refractivity contribution is -0.613. The van der Waals surface area contributed by atoms with E-state index in [0.29, 0.717) is 39.7 Å². The third-order valence-electron chi connectivity index (χ3n) is 12.2. The number of ether oxygens (including phenoxy) is 6. The van der Waals surface area contributed by atoms with Crippen LogP contribution in [-0.4, -0.2) is 103 Å². The standard InChI is InChI=1S/C21H14F5N3O5.C7H6N2O5.C7H8N2O3.C7H9NO2.C7H9NO.C6H6N2O3.C6H7NO/c1-33-19-9-15(28-10-16(19)29(31)32)17(30)8-12(20-13(22)3-2-6-27-20)11-4-5-18(14(23)7-11)34-21(24,25)26;1-14-6-2-4(7(10)11)8-3-5(6)9(12)13;1-5-3-7(12-2)6(4-8-5)9(10)11;1-6-5-7(10-2)3-4-8(6)9;1-6-5-7(9-2)3-4-8-6;1-5-4-6(8(10)11)2-3-7(5)9;1-6-4-2-3-5-7(6)8/h2-7,9-10,12H,8H2,1H3;2-3H,1H3,(H,10,11);3-4H,1-2H3;3-5H,1-2H3;3-5H,1-2H3;2-4H,1H3;2-5H,1H3/t12-;;;;;;/m0....../s1. The molecule has 0 bridgehead atoms. The first kappa shape index (κ1) is 79.2. The minimum absolute atomic E-state index is 0.0606. The van der Waals surface area contributed by atoms with Gasteiger partial charge in [0.15, 0.2) is 64.5 Å². The summed E-state index contributed by atoms with van der Waals surface area (Å²) in [5, 5.41) is 82.5. The number of pyridine rings is 8. The van der Waals surface area contributed by atoms with Crippen molar-refractivity contribution in [1.29, 1.82) is 0 Å². The zero-order chi connectivity index (χ0) is 73.6. The van der Waals surface area contributed by atoms with Crippen LogP contribution < -0.4 is 42.6 Å². The van der Waals surface area contributed by atoms with Crippen molar-refractivity contribution in [3.05, 3.63) is 272 Å². The maximum absolute atomic E-state index is 14.5. The molecule has 37 heteroatoms. The van der Waals surface area contributed by atoms with Gasteiger partial charge in [-0.25, -0.2) is 23.5 Å². The van der Waals surface area contributed by atoms with E-state index in [-0.39, 0.29) is 57.0 Å². The number of hydrogen-bond acceptors (Lipinski definition) is 24. The molecule has 8 heterocycles. The van der Waals surface area contributed by atoms with Gasteiger partial charge < -0.3 is 49.1 Å². The first-order valence-electron chi connectivity index (χ1n) is 27.3. The molecule has 0 saturated heterocycles. The third-order valence-corrected chi connectivity index (χ3v) is 12.2. The number of rotatable bonds is 16. The van der Waals surface area contributed by atoms with E-state index in [1.165, 1.54) is 70.2 Å². The predicted molar refractivity (Wildman–Crippen MR) is 331 cm³/mol. The summed E-state index contributed by atoms with van der Waals surface area (Å²) < 4.78 is 96.2. The van der Waals surface area contributed by atoms with Crippen LogP contribution in [0, 0.1) is 102 Å². The third kappa shape index (κ3) is 25.5. The van der Waals surface area contributed by atoms with Gasteiger partial charge in [0.25, 0.3) is 5.69 Å². The first-order valence-corrected chi connectivity index (χ1v) is 27.3. The van der Waals surface area contributed by atoms with Crippen LogP contribution in [0.4, 0.5) is 44.7 Å². The number of aryl methyl sites for hydroxylation is 5. The van der Waals surface area contributed by atoms with E-state index in [1.54, 1.807) is 65.5 Å². The molecule has 0 amide bonds. The monoisotopic (exact) mass is 1370 g/mol. The number of ketones is 1. The van der Waals surface area contributed by atoms with Gasteiger partial charge in [-0.3, -0.25) is 60.2 Å². The summed E-state index contributed by atoms with van der Waals surface area (Å²) in [5.41, 5.74) is 1.44.